The highest BCUT2D eigenvalue weighted by molar-refractivity contribution is 6.04. The van der Waals surface area contributed by atoms with Crippen molar-refractivity contribution in [3.63, 3.8) is 0 Å². The van der Waals surface area contributed by atoms with Crippen molar-refractivity contribution < 1.29 is 9.90 Å². The van der Waals surface area contributed by atoms with Gasteiger partial charge < -0.3 is 21.1 Å². The second-order valence-electron chi connectivity index (χ2n) is 8.04. The molecule has 3 heterocycles. The number of nitrogens with two attached hydrogens (primary N) is 1. The van der Waals surface area contributed by atoms with E-state index >= 15 is 0 Å². The lowest BCUT2D eigenvalue weighted by atomic mass is 9.97. The van der Waals surface area contributed by atoms with Gasteiger partial charge in [0.25, 0.3) is 5.91 Å². The van der Waals surface area contributed by atoms with Crippen LogP contribution in [-0.2, 0) is 5.60 Å². The van der Waals surface area contributed by atoms with Crippen LogP contribution in [0.3, 0.4) is 0 Å². The Morgan fingerprint density at radius 2 is 2.03 bits per heavy atom. The number of aromatic nitrogens is 3. The molecule has 3 aromatic rings. The molecule has 0 saturated carbocycles. The van der Waals surface area contributed by atoms with Crippen molar-refractivity contribution in [3.05, 3.63) is 53.7 Å². The number of anilines is 2. The van der Waals surface area contributed by atoms with Crippen LogP contribution in [0.25, 0.3) is 5.65 Å². The number of carbonyl (C=O) groups is 1. The van der Waals surface area contributed by atoms with Gasteiger partial charge in [-0.25, -0.2) is 4.98 Å². The molecule has 0 unspecified atom stereocenters. The molecule has 4 rings (SSSR count). The summed E-state index contributed by atoms with van der Waals surface area (Å²) in [5.74, 6) is 1.07. The Hall–Kier alpha value is -2.97. The van der Waals surface area contributed by atoms with Gasteiger partial charge in [-0.15, -0.1) is 0 Å². The molecule has 8 heteroatoms. The van der Waals surface area contributed by atoms with Crippen molar-refractivity contribution >= 4 is 23.2 Å². The standard InChI is InChI=1S/C21H26N6O2/c1-21(2,29)15-7-5-14(6-8-15)20(28)25-17-12-19(26-11-3-4-16(22)13-26)27-18(24-17)9-10-23-27/h5-10,12,16,29H,3-4,11,13,22H2,1-2H3,(H,24,25,28)/t16-/m0/s1. The fourth-order valence-electron chi connectivity index (χ4n) is 3.62. The lowest BCUT2D eigenvalue weighted by Gasteiger charge is -2.32. The first-order valence-corrected chi connectivity index (χ1v) is 9.81. The van der Waals surface area contributed by atoms with Crippen LogP contribution in [0.1, 0.15) is 42.6 Å². The monoisotopic (exact) mass is 394 g/mol. The van der Waals surface area contributed by atoms with Crippen LogP contribution in [0.15, 0.2) is 42.6 Å². The van der Waals surface area contributed by atoms with Crippen LogP contribution in [0.2, 0.25) is 0 Å². The summed E-state index contributed by atoms with van der Waals surface area (Å²) in [6, 6.07) is 10.7. The van der Waals surface area contributed by atoms with Crippen molar-refractivity contribution in [2.24, 2.45) is 5.73 Å². The van der Waals surface area contributed by atoms with E-state index in [4.69, 9.17) is 5.73 Å². The van der Waals surface area contributed by atoms with E-state index in [0.717, 1.165) is 37.3 Å². The van der Waals surface area contributed by atoms with Crippen LogP contribution in [0.5, 0.6) is 0 Å². The third-order valence-electron chi connectivity index (χ3n) is 5.22. The minimum atomic E-state index is -0.951. The minimum absolute atomic E-state index is 0.120. The maximum absolute atomic E-state index is 12.7. The largest absolute Gasteiger partial charge is 0.386 e. The van der Waals surface area contributed by atoms with E-state index in [-0.39, 0.29) is 11.9 Å². The normalized spacial score (nSPS) is 17.5. The molecule has 1 saturated heterocycles. The van der Waals surface area contributed by atoms with Gasteiger partial charge in [0.2, 0.25) is 0 Å². The summed E-state index contributed by atoms with van der Waals surface area (Å²) in [5, 5.41) is 17.3. The molecule has 29 heavy (non-hydrogen) atoms. The molecular formula is C21H26N6O2. The van der Waals surface area contributed by atoms with Gasteiger partial charge in [-0.05, 0) is 44.4 Å². The summed E-state index contributed by atoms with van der Waals surface area (Å²) in [6.45, 7) is 5.05. The van der Waals surface area contributed by atoms with E-state index in [1.165, 1.54) is 0 Å². The first-order chi connectivity index (χ1) is 13.8. The second kappa shape index (κ2) is 7.46. The van der Waals surface area contributed by atoms with E-state index in [9.17, 15) is 9.90 Å². The third kappa shape index (κ3) is 4.08. The van der Waals surface area contributed by atoms with Gasteiger partial charge in [0, 0.05) is 36.8 Å². The molecule has 152 valence electrons. The average molecular weight is 394 g/mol. The molecule has 4 N–H and O–H groups in total. The number of nitrogens with zero attached hydrogens (tertiary/aromatic N) is 4. The topological polar surface area (TPSA) is 109 Å². The number of benzene rings is 1. The van der Waals surface area contributed by atoms with Gasteiger partial charge in [-0.1, -0.05) is 12.1 Å². The van der Waals surface area contributed by atoms with Crippen molar-refractivity contribution in [1.82, 2.24) is 14.6 Å². The van der Waals surface area contributed by atoms with Gasteiger partial charge in [-0.3, -0.25) is 4.79 Å². The van der Waals surface area contributed by atoms with Crippen molar-refractivity contribution in [2.75, 3.05) is 23.3 Å². The molecule has 1 fully saturated rings. The molecule has 0 spiro atoms. The number of hydrogen-bond acceptors (Lipinski definition) is 6. The zero-order chi connectivity index (χ0) is 20.6. The van der Waals surface area contributed by atoms with Crippen molar-refractivity contribution in [1.29, 1.82) is 0 Å². The minimum Gasteiger partial charge on any atom is -0.386 e. The highest BCUT2D eigenvalue weighted by atomic mass is 16.3. The van der Waals surface area contributed by atoms with Gasteiger partial charge in [0.1, 0.15) is 11.6 Å². The van der Waals surface area contributed by atoms with E-state index < -0.39 is 5.60 Å². The molecule has 1 aliphatic rings. The van der Waals surface area contributed by atoms with Crippen LogP contribution < -0.4 is 16.0 Å². The zero-order valence-corrected chi connectivity index (χ0v) is 16.7. The molecule has 1 amide bonds. The summed E-state index contributed by atoms with van der Waals surface area (Å²) in [6.07, 6.45) is 3.71. The molecular weight excluding hydrogens is 368 g/mol. The Morgan fingerprint density at radius 1 is 1.28 bits per heavy atom. The molecule has 1 aliphatic heterocycles. The van der Waals surface area contributed by atoms with Crippen LogP contribution in [0, 0.1) is 0 Å². The quantitative estimate of drug-likeness (QED) is 0.626. The molecule has 0 radical (unpaired) electrons. The van der Waals surface area contributed by atoms with Crippen LogP contribution >= 0.6 is 0 Å². The molecule has 0 bridgehead atoms. The van der Waals surface area contributed by atoms with E-state index in [1.54, 1.807) is 54.9 Å². The smallest absolute Gasteiger partial charge is 0.256 e. The zero-order valence-electron chi connectivity index (χ0n) is 16.7. The number of carbonyl (C=O) groups excluding carboxylic acids is 1. The molecule has 1 atom stereocenters. The molecule has 0 aliphatic carbocycles. The van der Waals surface area contributed by atoms with Crippen LogP contribution in [-0.4, -0.2) is 44.7 Å². The van der Waals surface area contributed by atoms with Crippen LogP contribution in [0.4, 0.5) is 11.6 Å². The predicted octanol–water partition coefficient (Wildman–Crippen LogP) is 2.14. The molecule has 8 nitrogen and oxygen atoms in total. The Balaban J connectivity index is 1.60. The number of aliphatic hydroxyl groups is 1. The first-order valence-electron chi connectivity index (χ1n) is 9.81. The van der Waals surface area contributed by atoms with Crippen molar-refractivity contribution in [3.8, 4) is 0 Å². The molecule has 1 aromatic carbocycles. The first kappa shape index (κ1) is 19.4. The summed E-state index contributed by atoms with van der Waals surface area (Å²) >= 11 is 0. The predicted molar refractivity (Wildman–Crippen MR) is 112 cm³/mol. The lowest BCUT2D eigenvalue weighted by Crippen LogP contribution is -2.43. The second-order valence-corrected chi connectivity index (χ2v) is 8.04. The van der Waals surface area contributed by atoms with Gasteiger partial charge in [0.05, 0.1) is 11.8 Å². The number of hydrogen-bond donors (Lipinski definition) is 3. The summed E-state index contributed by atoms with van der Waals surface area (Å²) in [7, 11) is 0. The molecule has 2 aromatic heterocycles. The van der Waals surface area contributed by atoms with E-state index in [1.807, 2.05) is 6.07 Å². The van der Waals surface area contributed by atoms with E-state index in [2.05, 4.69) is 20.3 Å². The summed E-state index contributed by atoms with van der Waals surface area (Å²) < 4.78 is 1.77. The number of rotatable bonds is 4. The summed E-state index contributed by atoms with van der Waals surface area (Å²) in [4.78, 5) is 19.4. The third-order valence-corrected chi connectivity index (χ3v) is 5.22. The number of piperidine rings is 1. The van der Waals surface area contributed by atoms with Gasteiger partial charge >= 0.3 is 0 Å². The number of nitrogens with one attached hydrogen (secondary N) is 1. The highest BCUT2D eigenvalue weighted by Gasteiger charge is 2.21. The number of fused-ring (bicyclic) bond motifs is 1. The fourth-order valence-corrected chi connectivity index (χ4v) is 3.62. The van der Waals surface area contributed by atoms with E-state index in [0.29, 0.717) is 17.0 Å². The maximum Gasteiger partial charge on any atom is 0.256 e. The Bertz CT molecular complexity index is 1020. The van der Waals surface area contributed by atoms with Crippen molar-refractivity contribution in [2.45, 2.75) is 38.3 Å². The maximum atomic E-state index is 12.7. The highest BCUT2D eigenvalue weighted by Crippen LogP contribution is 2.24. The van der Waals surface area contributed by atoms with Gasteiger partial charge in [0.15, 0.2) is 5.65 Å². The Labute approximate surface area is 169 Å². The van der Waals surface area contributed by atoms with Gasteiger partial charge in [-0.2, -0.15) is 9.61 Å². The average Bonchev–Trinajstić information content (AvgIpc) is 3.15. The Morgan fingerprint density at radius 3 is 2.72 bits per heavy atom. The Kier molecular flexibility index (Phi) is 4.97. The number of amides is 1. The fraction of sp³-hybridized carbons (Fsp3) is 0.381. The summed E-state index contributed by atoms with van der Waals surface area (Å²) in [5.41, 5.74) is 7.10. The SMILES string of the molecule is CC(C)(O)c1ccc(C(=O)Nc2cc(N3CCC[C@H](N)C3)n3nccc3n2)cc1. The lowest BCUT2D eigenvalue weighted by molar-refractivity contribution is 0.0785.